The summed E-state index contributed by atoms with van der Waals surface area (Å²) in [5.74, 6) is -6.62. The van der Waals surface area contributed by atoms with E-state index < -0.39 is 57.5 Å². The van der Waals surface area contributed by atoms with E-state index in [0.29, 0.717) is 22.3 Å². The van der Waals surface area contributed by atoms with Crippen LogP contribution in [0, 0.1) is 11.3 Å². The Hall–Kier alpha value is -4.48. The molecule has 0 aliphatic heterocycles. The Morgan fingerprint density at radius 3 is 2.29 bits per heavy atom. The summed E-state index contributed by atoms with van der Waals surface area (Å²) in [5.41, 5.74) is 2.57. The number of carbonyl (C=O) groups excluding carboxylic acids is 4. The molecule has 0 heterocycles. The third-order valence-electron chi connectivity index (χ3n) is 8.84. The molecular formula is C31H33N3O8. The molecule has 0 bridgehead atoms. The van der Waals surface area contributed by atoms with E-state index in [1.807, 2.05) is 0 Å². The number of nitrogens with two attached hydrogens (primary N) is 1. The average Bonchev–Trinajstić information content (AvgIpc) is 2.90. The Morgan fingerprint density at radius 1 is 1.02 bits per heavy atom. The Morgan fingerprint density at radius 2 is 1.69 bits per heavy atom. The van der Waals surface area contributed by atoms with Gasteiger partial charge in [0.25, 0.3) is 11.8 Å². The predicted octanol–water partition coefficient (Wildman–Crippen LogP) is 1.72. The van der Waals surface area contributed by atoms with Gasteiger partial charge in [0.05, 0.1) is 11.6 Å². The van der Waals surface area contributed by atoms with Crippen LogP contribution in [-0.4, -0.2) is 93.4 Å². The van der Waals surface area contributed by atoms with Crippen LogP contribution in [-0.2, 0) is 20.8 Å². The summed E-state index contributed by atoms with van der Waals surface area (Å²) >= 11 is 0. The van der Waals surface area contributed by atoms with Gasteiger partial charge in [0.15, 0.2) is 11.4 Å². The van der Waals surface area contributed by atoms with Gasteiger partial charge in [0.2, 0.25) is 5.78 Å². The van der Waals surface area contributed by atoms with Gasteiger partial charge < -0.3 is 31.1 Å². The van der Waals surface area contributed by atoms with Crippen molar-refractivity contribution in [2.75, 3.05) is 28.2 Å². The molecule has 220 valence electrons. The van der Waals surface area contributed by atoms with Gasteiger partial charge in [0, 0.05) is 36.6 Å². The lowest BCUT2D eigenvalue weighted by Gasteiger charge is -2.54. The first-order valence-electron chi connectivity index (χ1n) is 13.4. The first kappa shape index (κ1) is 29.0. The van der Waals surface area contributed by atoms with Gasteiger partial charge in [-0.3, -0.25) is 24.1 Å². The van der Waals surface area contributed by atoms with Crippen molar-refractivity contribution in [3.8, 4) is 16.9 Å². The van der Waals surface area contributed by atoms with Crippen molar-refractivity contribution in [3.63, 3.8) is 0 Å². The molecule has 0 aromatic heterocycles. The second-order valence-electron chi connectivity index (χ2n) is 12.0. The summed E-state index contributed by atoms with van der Waals surface area (Å²) in [6.07, 6.45) is 0.0597. The second kappa shape index (κ2) is 9.53. The number of likely N-dealkylation sites (N-methyl/N-ethyl adjacent to an activating group) is 1. The number of hydrogen-bond acceptors (Lipinski definition) is 9. The third kappa shape index (κ3) is 3.87. The number of aliphatic hydroxyl groups excluding tert-OH is 2. The molecule has 0 unspecified atom stereocenters. The second-order valence-corrected chi connectivity index (χ2v) is 12.0. The smallest absolute Gasteiger partial charge is 0.255 e. The molecule has 3 aliphatic carbocycles. The molecule has 4 atom stereocenters. The van der Waals surface area contributed by atoms with Crippen molar-refractivity contribution in [2.45, 2.75) is 31.4 Å². The zero-order valence-electron chi connectivity index (χ0n) is 23.9. The van der Waals surface area contributed by atoms with Gasteiger partial charge in [-0.2, -0.15) is 0 Å². The van der Waals surface area contributed by atoms with E-state index in [1.165, 1.54) is 15.9 Å². The number of phenols is 1. The van der Waals surface area contributed by atoms with E-state index in [0.717, 1.165) is 0 Å². The van der Waals surface area contributed by atoms with Crippen LogP contribution in [0.4, 0.5) is 0 Å². The number of aliphatic hydroxyl groups is 3. The standard InChI is InChI=1S/C31H33N3O8/c1-30-12-17-16(14-7-6-8-15(11-14)29(41)34(4)5)9-10-19(35)20(17)24(36)22(30)27(39)31(42)18(13-30)23(33(2)3)25(37)21(26(31)38)28(32)40/h6-11,18,23,35-36,38,42H,12-13H2,1-5H3,(H2,32,40)/t18-,23-,30-,31+/m0/s1. The molecule has 0 radical (unpaired) electrons. The van der Waals surface area contributed by atoms with E-state index in [-0.39, 0.29) is 35.6 Å². The van der Waals surface area contributed by atoms with Gasteiger partial charge in [-0.05, 0) is 61.8 Å². The number of benzene rings is 2. The summed E-state index contributed by atoms with van der Waals surface area (Å²) in [6.45, 7) is 1.71. The number of fused-ring (bicyclic) bond motifs is 3. The fourth-order valence-electron chi connectivity index (χ4n) is 6.96. The number of Topliss-reactive ketones (excluding diaryl/α,β-unsaturated/α-hetero) is 2. The molecule has 1 fully saturated rings. The number of phenolic OH excluding ortho intramolecular Hbond substituents is 1. The fraction of sp³-hybridized carbons (Fsp3) is 0.355. The summed E-state index contributed by atoms with van der Waals surface area (Å²) in [5, 5.41) is 45.4. The molecule has 42 heavy (non-hydrogen) atoms. The lowest BCUT2D eigenvalue weighted by Crippen LogP contribution is -2.67. The molecular weight excluding hydrogens is 542 g/mol. The number of carbonyl (C=O) groups is 4. The van der Waals surface area contributed by atoms with Gasteiger partial charge >= 0.3 is 0 Å². The minimum atomic E-state index is -2.72. The molecule has 11 nitrogen and oxygen atoms in total. The maximum atomic E-state index is 14.2. The molecule has 1 saturated carbocycles. The van der Waals surface area contributed by atoms with Crippen LogP contribution in [0.2, 0.25) is 0 Å². The number of nitrogens with zero attached hydrogens (tertiary/aromatic N) is 2. The molecule has 0 saturated heterocycles. The maximum absolute atomic E-state index is 14.2. The summed E-state index contributed by atoms with van der Waals surface area (Å²) in [4.78, 5) is 55.3. The molecule has 3 aliphatic rings. The van der Waals surface area contributed by atoms with Crippen LogP contribution in [0.5, 0.6) is 5.75 Å². The molecule has 5 rings (SSSR count). The minimum Gasteiger partial charge on any atom is -0.508 e. The molecule has 2 aromatic rings. The lowest BCUT2D eigenvalue weighted by atomic mass is 9.52. The van der Waals surface area contributed by atoms with Crippen molar-refractivity contribution in [2.24, 2.45) is 17.1 Å². The first-order chi connectivity index (χ1) is 19.6. The maximum Gasteiger partial charge on any atom is 0.255 e. The highest BCUT2D eigenvalue weighted by molar-refractivity contribution is 6.24. The van der Waals surface area contributed by atoms with Gasteiger partial charge in [0.1, 0.15) is 22.8 Å². The Kier molecular flexibility index (Phi) is 6.59. The van der Waals surface area contributed by atoms with Crippen LogP contribution < -0.4 is 5.73 Å². The Labute approximate surface area is 242 Å². The number of amides is 2. The SMILES string of the molecule is CN(C)C(=O)c1cccc(-c2ccc(O)c3c2C[C@@]2(C)C[C@H]4[C@H](N(C)C)C(=O)C(C(N)=O)=C(O)[C@@]4(O)C(=O)C2=C3O)c1. The number of ketones is 2. The highest BCUT2D eigenvalue weighted by Gasteiger charge is 2.66. The zero-order chi connectivity index (χ0) is 31.0. The van der Waals surface area contributed by atoms with Crippen molar-refractivity contribution in [1.82, 2.24) is 9.80 Å². The Bertz CT molecular complexity index is 1660. The number of aromatic hydroxyl groups is 1. The molecule has 2 aromatic carbocycles. The predicted molar refractivity (Wildman–Crippen MR) is 152 cm³/mol. The first-order valence-corrected chi connectivity index (χ1v) is 13.4. The topological polar surface area (TPSA) is 182 Å². The van der Waals surface area contributed by atoms with E-state index in [4.69, 9.17) is 5.73 Å². The van der Waals surface area contributed by atoms with E-state index >= 15 is 0 Å². The van der Waals surface area contributed by atoms with Crippen LogP contribution in [0.15, 0.2) is 53.3 Å². The van der Waals surface area contributed by atoms with Crippen LogP contribution in [0.1, 0.15) is 34.8 Å². The summed E-state index contributed by atoms with van der Waals surface area (Å²) in [6, 6.07) is 8.74. The van der Waals surface area contributed by atoms with Crippen LogP contribution in [0.3, 0.4) is 0 Å². The normalized spacial score (nSPS) is 27.0. The van der Waals surface area contributed by atoms with E-state index in [9.17, 15) is 39.6 Å². The van der Waals surface area contributed by atoms with Crippen molar-refractivity contribution < 1.29 is 39.6 Å². The summed E-state index contributed by atoms with van der Waals surface area (Å²) < 4.78 is 0. The largest absolute Gasteiger partial charge is 0.508 e. The average molecular weight is 576 g/mol. The number of hydrogen-bond donors (Lipinski definition) is 5. The van der Waals surface area contributed by atoms with Crippen molar-refractivity contribution in [3.05, 3.63) is 70.0 Å². The fourth-order valence-corrected chi connectivity index (χ4v) is 6.96. The zero-order valence-corrected chi connectivity index (χ0v) is 23.9. The van der Waals surface area contributed by atoms with E-state index in [2.05, 4.69) is 0 Å². The van der Waals surface area contributed by atoms with Gasteiger partial charge in [-0.1, -0.05) is 25.1 Å². The quantitative estimate of drug-likeness (QED) is 0.339. The molecule has 6 N–H and O–H groups in total. The van der Waals surface area contributed by atoms with Crippen LogP contribution in [0.25, 0.3) is 16.9 Å². The van der Waals surface area contributed by atoms with Gasteiger partial charge in [-0.25, -0.2) is 0 Å². The summed E-state index contributed by atoms with van der Waals surface area (Å²) in [7, 11) is 6.38. The Balaban J connectivity index is 1.75. The number of primary amides is 1. The highest BCUT2D eigenvalue weighted by Crippen LogP contribution is 2.58. The van der Waals surface area contributed by atoms with Crippen molar-refractivity contribution in [1.29, 1.82) is 0 Å². The molecule has 11 heteroatoms. The minimum absolute atomic E-state index is 0.0191. The lowest BCUT2D eigenvalue weighted by molar-refractivity contribution is -0.156. The molecule has 0 spiro atoms. The number of rotatable bonds is 4. The van der Waals surface area contributed by atoms with Crippen molar-refractivity contribution >= 4 is 29.1 Å². The highest BCUT2D eigenvalue weighted by atomic mass is 16.3. The third-order valence-corrected chi connectivity index (χ3v) is 8.84. The monoisotopic (exact) mass is 575 g/mol. The van der Waals surface area contributed by atoms with Crippen LogP contribution >= 0.6 is 0 Å². The van der Waals surface area contributed by atoms with E-state index in [1.54, 1.807) is 65.4 Å². The van der Waals surface area contributed by atoms with Gasteiger partial charge in [-0.15, -0.1) is 0 Å². The molecule has 2 amide bonds.